The number of unbranched alkanes of at least 4 members (excludes halogenated alkanes) is 1. The summed E-state index contributed by atoms with van der Waals surface area (Å²) in [6.07, 6.45) is 11.2. The number of amides is 1. The second-order valence-corrected chi connectivity index (χ2v) is 7.85. The first-order valence-electron chi connectivity index (χ1n) is 10.7. The zero-order chi connectivity index (χ0) is 20.6. The van der Waals surface area contributed by atoms with E-state index in [2.05, 4.69) is 44.4 Å². The molecular weight excluding hydrogens is 378 g/mol. The van der Waals surface area contributed by atoms with Crippen molar-refractivity contribution in [2.45, 2.75) is 44.9 Å². The lowest BCUT2D eigenvalue weighted by Gasteiger charge is -2.32. The number of nitrogens with zero attached hydrogens (tertiary/aromatic N) is 5. The number of rotatable bonds is 8. The van der Waals surface area contributed by atoms with E-state index in [1.54, 1.807) is 18.6 Å². The minimum atomic E-state index is 0.263. The molecule has 0 aliphatic carbocycles. The highest BCUT2D eigenvalue weighted by Gasteiger charge is 2.25. The Kier molecular flexibility index (Phi) is 6.79. The van der Waals surface area contributed by atoms with E-state index in [1.807, 2.05) is 11.0 Å². The Labute approximate surface area is 176 Å². The summed E-state index contributed by atoms with van der Waals surface area (Å²) in [4.78, 5) is 27.4. The molecule has 0 bridgehead atoms. The largest absolute Gasteiger partial charge is 0.342 e. The van der Waals surface area contributed by atoms with E-state index in [0.29, 0.717) is 36.2 Å². The molecule has 1 aliphatic rings. The summed E-state index contributed by atoms with van der Waals surface area (Å²) in [6.45, 7) is 1.61. The number of benzene rings is 1. The van der Waals surface area contributed by atoms with Gasteiger partial charge in [-0.15, -0.1) is 0 Å². The standard InChI is InChI=1S/C23H27N5O2/c29-22(11-5-4-9-18-7-2-1-3-8-18)28-14-6-10-19(17-28)15-21-26-23(27-30-21)20-16-24-12-13-25-20/h1-3,7-8,12-13,16,19H,4-6,9-11,14-15,17H2. The summed E-state index contributed by atoms with van der Waals surface area (Å²) in [6, 6.07) is 10.4. The lowest BCUT2D eigenvalue weighted by Crippen LogP contribution is -2.40. The van der Waals surface area contributed by atoms with Crippen molar-refractivity contribution >= 4 is 5.91 Å². The molecule has 2 aromatic heterocycles. The number of piperidine rings is 1. The van der Waals surface area contributed by atoms with Gasteiger partial charge in [0, 0.05) is 38.3 Å². The van der Waals surface area contributed by atoms with Gasteiger partial charge in [-0.25, -0.2) is 4.98 Å². The summed E-state index contributed by atoms with van der Waals surface area (Å²) >= 11 is 0. The molecule has 7 nitrogen and oxygen atoms in total. The van der Waals surface area contributed by atoms with Crippen LogP contribution in [0.1, 0.15) is 43.6 Å². The smallest absolute Gasteiger partial charge is 0.227 e. The molecule has 0 saturated carbocycles. The van der Waals surface area contributed by atoms with Gasteiger partial charge in [-0.2, -0.15) is 4.98 Å². The van der Waals surface area contributed by atoms with E-state index in [1.165, 1.54) is 5.56 Å². The Balaban J connectivity index is 1.23. The Morgan fingerprint density at radius 3 is 2.90 bits per heavy atom. The van der Waals surface area contributed by atoms with Crippen LogP contribution >= 0.6 is 0 Å². The van der Waals surface area contributed by atoms with Gasteiger partial charge in [-0.1, -0.05) is 35.5 Å². The van der Waals surface area contributed by atoms with Crippen LogP contribution in [0.25, 0.3) is 11.5 Å². The van der Waals surface area contributed by atoms with Gasteiger partial charge in [0.05, 0.1) is 6.20 Å². The second-order valence-electron chi connectivity index (χ2n) is 7.85. The SMILES string of the molecule is O=C(CCCCc1ccccc1)N1CCCC(Cc2nc(-c3cnccn3)no2)C1. The van der Waals surface area contributed by atoms with E-state index in [-0.39, 0.29) is 5.91 Å². The third-order valence-corrected chi connectivity index (χ3v) is 5.54. The van der Waals surface area contributed by atoms with E-state index in [4.69, 9.17) is 4.52 Å². The van der Waals surface area contributed by atoms with Crippen LogP contribution in [0, 0.1) is 5.92 Å². The van der Waals surface area contributed by atoms with E-state index >= 15 is 0 Å². The van der Waals surface area contributed by atoms with Crippen molar-refractivity contribution in [3.05, 3.63) is 60.4 Å². The molecule has 1 saturated heterocycles. The summed E-state index contributed by atoms with van der Waals surface area (Å²) in [5.41, 5.74) is 1.94. The van der Waals surface area contributed by atoms with Crippen molar-refractivity contribution in [2.75, 3.05) is 13.1 Å². The molecular formula is C23H27N5O2. The second kappa shape index (κ2) is 10.1. The highest BCUT2D eigenvalue weighted by Crippen LogP contribution is 2.22. The van der Waals surface area contributed by atoms with Crippen LogP contribution < -0.4 is 0 Å². The first-order valence-corrected chi connectivity index (χ1v) is 10.7. The Morgan fingerprint density at radius 1 is 1.17 bits per heavy atom. The van der Waals surface area contributed by atoms with Gasteiger partial charge in [0.25, 0.3) is 0 Å². The Bertz CT molecular complexity index is 929. The van der Waals surface area contributed by atoms with Gasteiger partial charge in [0.1, 0.15) is 5.69 Å². The molecule has 0 spiro atoms. The third-order valence-electron chi connectivity index (χ3n) is 5.54. The fourth-order valence-electron chi connectivity index (χ4n) is 3.97. The van der Waals surface area contributed by atoms with Crippen molar-refractivity contribution in [1.82, 2.24) is 25.0 Å². The molecule has 0 N–H and O–H groups in total. The van der Waals surface area contributed by atoms with Crippen LogP contribution in [0.4, 0.5) is 0 Å². The van der Waals surface area contributed by atoms with Crippen molar-refractivity contribution in [1.29, 1.82) is 0 Å². The molecule has 4 rings (SSSR count). The number of carbonyl (C=O) groups excluding carboxylic acids is 1. The minimum absolute atomic E-state index is 0.263. The van der Waals surface area contributed by atoms with Crippen LogP contribution in [0.2, 0.25) is 0 Å². The lowest BCUT2D eigenvalue weighted by molar-refractivity contribution is -0.133. The van der Waals surface area contributed by atoms with Crippen LogP contribution in [-0.4, -0.2) is 44.0 Å². The highest BCUT2D eigenvalue weighted by atomic mass is 16.5. The number of carbonyl (C=O) groups is 1. The van der Waals surface area contributed by atoms with Crippen molar-refractivity contribution in [3.63, 3.8) is 0 Å². The van der Waals surface area contributed by atoms with E-state index < -0.39 is 0 Å². The molecule has 1 atom stereocenters. The maximum Gasteiger partial charge on any atom is 0.227 e. The van der Waals surface area contributed by atoms with Crippen LogP contribution in [-0.2, 0) is 17.6 Å². The first kappa shape index (κ1) is 20.2. The monoisotopic (exact) mass is 405 g/mol. The molecule has 7 heteroatoms. The van der Waals surface area contributed by atoms with Crippen molar-refractivity contribution < 1.29 is 9.32 Å². The molecule has 3 aromatic rings. The fraction of sp³-hybridized carbons (Fsp3) is 0.435. The average Bonchev–Trinajstić information content (AvgIpc) is 3.26. The van der Waals surface area contributed by atoms with Crippen molar-refractivity contribution in [2.24, 2.45) is 5.92 Å². The first-order chi connectivity index (χ1) is 14.8. The summed E-state index contributed by atoms with van der Waals surface area (Å²) in [7, 11) is 0. The molecule has 1 fully saturated rings. The predicted molar refractivity (Wildman–Crippen MR) is 112 cm³/mol. The molecule has 1 amide bonds. The quantitative estimate of drug-likeness (QED) is 0.531. The van der Waals surface area contributed by atoms with E-state index in [9.17, 15) is 4.79 Å². The van der Waals surface area contributed by atoms with Crippen LogP contribution in [0.15, 0.2) is 53.4 Å². The number of aryl methyl sites for hydroxylation is 1. The van der Waals surface area contributed by atoms with Crippen molar-refractivity contribution in [3.8, 4) is 11.5 Å². The zero-order valence-electron chi connectivity index (χ0n) is 17.1. The summed E-state index contributed by atoms with van der Waals surface area (Å²) < 4.78 is 5.41. The maximum absolute atomic E-state index is 12.7. The van der Waals surface area contributed by atoms with Gasteiger partial charge in [-0.05, 0) is 43.6 Å². The van der Waals surface area contributed by atoms with Gasteiger partial charge in [0.15, 0.2) is 0 Å². The third kappa shape index (κ3) is 5.49. The Hall–Kier alpha value is -3.09. The van der Waals surface area contributed by atoms with Gasteiger partial charge < -0.3 is 9.42 Å². The highest BCUT2D eigenvalue weighted by molar-refractivity contribution is 5.76. The Morgan fingerprint density at radius 2 is 2.07 bits per heavy atom. The normalized spacial score (nSPS) is 16.5. The van der Waals surface area contributed by atoms with Gasteiger partial charge in [0.2, 0.25) is 17.6 Å². The molecule has 0 radical (unpaired) electrons. The molecule has 1 aliphatic heterocycles. The van der Waals surface area contributed by atoms with E-state index in [0.717, 1.165) is 45.2 Å². The number of likely N-dealkylation sites (tertiary alicyclic amines) is 1. The number of aromatic nitrogens is 4. The minimum Gasteiger partial charge on any atom is -0.342 e. The average molecular weight is 406 g/mol. The van der Waals surface area contributed by atoms with Crippen LogP contribution in [0.3, 0.4) is 0 Å². The lowest BCUT2D eigenvalue weighted by atomic mass is 9.94. The fourth-order valence-corrected chi connectivity index (χ4v) is 3.97. The molecule has 156 valence electrons. The number of hydrogen-bond acceptors (Lipinski definition) is 6. The van der Waals surface area contributed by atoms with Gasteiger partial charge in [-0.3, -0.25) is 9.78 Å². The maximum atomic E-state index is 12.7. The zero-order valence-corrected chi connectivity index (χ0v) is 17.1. The number of hydrogen-bond donors (Lipinski definition) is 0. The summed E-state index contributed by atoms with van der Waals surface area (Å²) in [5, 5.41) is 4.01. The molecule has 3 heterocycles. The summed E-state index contributed by atoms with van der Waals surface area (Å²) in [5.74, 6) is 1.67. The topological polar surface area (TPSA) is 85.0 Å². The predicted octanol–water partition coefficient (Wildman–Crippen LogP) is 3.72. The van der Waals surface area contributed by atoms with Crippen LogP contribution in [0.5, 0.6) is 0 Å². The molecule has 1 unspecified atom stereocenters. The molecule has 30 heavy (non-hydrogen) atoms. The van der Waals surface area contributed by atoms with Gasteiger partial charge >= 0.3 is 0 Å². The molecule has 1 aromatic carbocycles.